The molecule has 0 amide bonds. The zero-order valence-electron chi connectivity index (χ0n) is 24.8. The van der Waals surface area contributed by atoms with E-state index in [1.807, 2.05) is 13.0 Å². The highest BCUT2D eigenvalue weighted by molar-refractivity contribution is 5.71. The molecule has 41 heavy (non-hydrogen) atoms. The van der Waals surface area contributed by atoms with Gasteiger partial charge >= 0.3 is 0 Å². The Morgan fingerprint density at radius 2 is 1.32 bits per heavy atom. The highest BCUT2D eigenvalue weighted by Crippen LogP contribution is 2.45. The van der Waals surface area contributed by atoms with Gasteiger partial charge in [0.2, 0.25) is 0 Å². The minimum absolute atomic E-state index is 0.213. The molecule has 2 aliphatic carbocycles. The lowest BCUT2D eigenvalue weighted by Gasteiger charge is -2.38. The van der Waals surface area contributed by atoms with Crippen molar-refractivity contribution in [2.75, 3.05) is 0 Å². The van der Waals surface area contributed by atoms with Gasteiger partial charge in [-0.15, -0.1) is 0 Å². The second kappa shape index (κ2) is 13.9. The van der Waals surface area contributed by atoms with Crippen LogP contribution in [-0.4, -0.2) is 0 Å². The van der Waals surface area contributed by atoms with E-state index >= 15 is 4.39 Å². The smallest absolute Gasteiger partial charge is 0.166 e. The Bertz CT molecular complexity index is 1310. The summed E-state index contributed by atoms with van der Waals surface area (Å²) in [5, 5.41) is 0. The molecule has 0 radical (unpaired) electrons. The van der Waals surface area contributed by atoms with Crippen LogP contribution in [0.1, 0.15) is 102 Å². The average Bonchev–Trinajstić information content (AvgIpc) is 3.00. The molecule has 0 heterocycles. The lowest BCUT2D eigenvalue weighted by molar-refractivity contribution is 0.157. The summed E-state index contributed by atoms with van der Waals surface area (Å²) in [6.45, 7) is 4.05. The molecule has 0 nitrogen and oxygen atoms in total. The number of rotatable bonds is 9. The molecule has 5 rings (SSSR count). The molecule has 3 heteroatoms. The molecule has 218 valence electrons. The van der Waals surface area contributed by atoms with Crippen molar-refractivity contribution >= 4 is 0 Å². The van der Waals surface area contributed by atoms with Crippen LogP contribution in [0.15, 0.2) is 66.7 Å². The summed E-state index contributed by atoms with van der Waals surface area (Å²) in [5.41, 5.74) is 3.62. The van der Waals surface area contributed by atoms with Crippen LogP contribution in [0.25, 0.3) is 22.3 Å². The molecule has 3 aromatic rings. The SMILES string of the molecule is C/C=C/CCC1CCC(C2CCC(c3ccc(-c4ccc(-c5ccc(CCC)c(F)c5F)cc4)c(F)c3)CC2)CC1. The second-order valence-electron chi connectivity index (χ2n) is 12.5. The van der Waals surface area contributed by atoms with Crippen LogP contribution in [0.2, 0.25) is 0 Å². The molecule has 2 fully saturated rings. The standard InChI is InChI=1S/C38H45F3/c1-3-5-6-8-26-9-11-27(12-10-26)28-13-15-29(16-14-28)33-22-23-34(36(39)25-33)30-17-19-31(20-18-30)35-24-21-32(7-4-2)37(40)38(35)41/h3,5,17-29H,4,6-16H2,1-2H3/b5-3+. The zero-order valence-corrected chi connectivity index (χ0v) is 24.8. The fourth-order valence-electron chi connectivity index (χ4n) is 7.49. The summed E-state index contributed by atoms with van der Waals surface area (Å²) in [6, 6.07) is 16.1. The van der Waals surface area contributed by atoms with Gasteiger partial charge < -0.3 is 0 Å². The molecule has 0 aliphatic heterocycles. The predicted molar refractivity (Wildman–Crippen MR) is 165 cm³/mol. The first-order valence-corrected chi connectivity index (χ1v) is 16.0. The Morgan fingerprint density at radius 3 is 1.93 bits per heavy atom. The van der Waals surface area contributed by atoms with E-state index in [0.29, 0.717) is 29.0 Å². The van der Waals surface area contributed by atoms with Crippen molar-refractivity contribution in [3.63, 3.8) is 0 Å². The lowest BCUT2D eigenvalue weighted by Crippen LogP contribution is -2.25. The molecule has 3 aromatic carbocycles. The molecule has 0 bridgehead atoms. The van der Waals surface area contributed by atoms with E-state index in [0.717, 1.165) is 48.1 Å². The Labute approximate surface area is 245 Å². The van der Waals surface area contributed by atoms with E-state index in [1.165, 1.54) is 51.4 Å². The van der Waals surface area contributed by atoms with Gasteiger partial charge in [-0.25, -0.2) is 13.2 Å². The third-order valence-electron chi connectivity index (χ3n) is 9.96. The van der Waals surface area contributed by atoms with Crippen LogP contribution in [0, 0.1) is 35.2 Å². The van der Waals surface area contributed by atoms with E-state index < -0.39 is 11.6 Å². The first-order valence-electron chi connectivity index (χ1n) is 16.0. The number of aryl methyl sites for hydroxylation is 1. The normalized spacial score (nSPS) is 23.2. The summed E-state index contributed by atoms with van der Waals surface area (Å²) < 4.78 is 44.6. The third-order valence-corrected chi connectivity index (χ3v) is 9.96. The van der Waals surface area contributed by atoms with E-state index in [1.54, 1.807) is 42.5 Å². The van der Waals surface area contributed by atoms with Crippen LogP contribution in [0.3, 0.4) is 0 Å². The first-order chi connectivity index (χ1) is 20.0. The summed E-state index contributed by atoms with van der Waals surface area (Å²) in [5.74, 6) is 1.27. The predicted octanol–water partition coefficient (Wildman–Crippen LogP) is 11.8. The summed E-state index contributed by atoms with van der Waals surface area (Å²) >= 11 is 0. The van der Waals surface area contributed by atoms with Gasteiger partial charge in [-0.1, -0.05) is 86.9 Å². The highest BCUT2D eigenvalue weighted by Gasteiger charge is 2.31. The van der Waals surface area contributed by atoms with Crippen LogP contribution in [0.4, 0.5) is 13.2 Å². The maximum atomic E-state index is 15.3. The van der Waals surface area contributed by atoms with Gasteiger partial charge in [0.25, 0.3) is 0 Å². The van der Waals surface area contributed by atoms with Crippen molar-refractivity contribution < 1.29 is 13.2 Å². The Balaban J connectivity index is 1.18. The van der Waals surface area contributed by atoms with Crippen molar-refractivity contribution in [2.45, 2.75) is 96.8 Å². The maximum absolute atomic E-state index is 15.3. The van der Waals surface area contributed by atoms with Crippen LogP contribution in [-0.2, 0) is 6.42 Å². The molecule has 2 saturated carbocycles. The summed E-state index contributed by atoms with van der Waals surface area (Å²) in [4.78, 5) is 0. The highest BCUT2D eigenvalue weighted by atomic mass is 19.2. The van der Waals surface area contributed by atoms with Crippen LogP contribution < -0.4 is 0 Å². The minimum atomic E-state index is -0.818. The first kappa shape index (κ1) is 29.7. The fourth-order valence-corrected chi connectivity index (χ4v) is 7.49. The number of benzene rings is 3. The quantitative estimate of drug-likeness (QED) is 0.229. The van der Waals surface area contributed by atoms with Crippen LogP contribution >= 0.6 is 0 Å². The van der Waals surface area contributed by atoms with E-state index in [9.17, 15) is 8.78 Å². The van der Waals surface area contributed by atoms with Gasteiger partial charge in [0.15, 0.2) is 11.6 Å². The van der Waals surface area contributed by atoms with Crippen molar-refractivity contribution in [2.24, 2.45) is 17.8 Å². The molecular weight excluding hydrogens is 513 g/mol. The largest absolute Gasteiger partial charge is 0.206 e. The maximum Gasteiger partial charge on any atom is 0.166 e. The van der Waals surface area contributed by atoms with E-state index in [2.05, 4.69) is 25.1 Å². The second-order valence-corrected chi connectivity index (χ2v) is 12.5. The third kappa shape index (κ3) is 6.99. The molecular formula is C38H45F3. The molecule has 0 atom stereocenters. The number of hydrogen-bond acceptors (Lipinski definition) is 0. The minimum Gasteiger partial charge on any atom is -0.206 e. The van der Waals surface area contributed by atoms with Crippen molar-refractivity contribution in [1.29, 1.82) is 0 Å². The van der Waals surface area contributed by atoms with E-state index in [-0.39, 0.29) is 11.4 Å². The molecule has 2 aliphatic rings. The molecule has 0 saturated heterocycles. The Kier molecular flexibility index (Phi) is 10.1. The van der Waals surface area contributed by atoms with Gasteiger partial charge in [0.05, 0.1) is 0 Å². The van der Waals surface area contributed by atoms with Gasteiger partial charge in [0, 0.05) is 11.1 Å². The molecule has 0 spiro atoms. The number of hydrogen-bond donors (Lipinski definition) is 0. The van der Waals surface area contributed by atoms with Crippen molar-refractivity contribution in [1.82, 2.24) is 0 Å². The lowest BCUT2D eigenvalue weighted by atomic mass is 9.68. The number of halogens is 3. The Morgan fingerprint density at radius 1 is 0.707 bits per heavy atom. The molecule has 0 N–H and O–H groups in total. The van der Waals surface area contributed by atoms with Gasteiger partial charge in [-0.2, -0.15) is 0 Å². The van der Waals surface area contributed by atoms with Crippen molar-refractivity contribution in [3.8, 4) is 22.3 Å². The molecule has 0 unspecified atom stereocenters. The average molecular weight is 559 g/mol. The van der Waals surface area contributed by atoms with Crippen molar-refractivity contribution in [3.05, 3.63) is 95.3 Å². The van der Waals surface area contributed by atoms with E-state index in [4.69, 9.17) is 0 Å². The van der Waals surface area contributed by atoms with Crippen LogP contribution in [0.5, 0.6) is 0 Å². The van der Waals surface area contributed by atoms with Gasteiger partial charge in [-0.3, -0.25) is 0 Å². The summed E-state index contributed by atoms with van der Waals surface area (Å²) in [7, 11) is 0. The van der Waals surface area contributed by atoms with Gasteiger partial charge in [-0.05, 0) is 117 Å². The zero-order chi connectivity index (χ0) is 28.8. The number of allylic oxidation sites excluding steroid dienone is 2. The fraction of sp³-hybridized carbons (Fsp3) is 0.474. The monoisotopic (exact) mass is 558 g/mol. The van der Waals surface area contributed by atoms with Gasteiger partial charge in [0.1, 0.15) is 5.82 Å². The summed E-state index contributed by atoms with van der Waals surface area (Å²) in [6.07, 6.45) is 18.7. The molecule has 0 aromatic heterocycles. The Hall–Kier alpha value is -2.81. The topological polar surface area (TPSA) is 0 Å².